The van der Waals surface area contributed by atoms with Crippen LogP contribution in [0.25, 0.3) is 0 Å². The molecule has 2 atom stereocenters. The normalized spacial score (nSPS) is 29.5. The van der Waals surface area contributed by atoms with E-state index < -0.39 is 0 Å². The second-order valence-electron chi connectivity index (χ2n) is 4.91. The molecule has 0 bridgehead atoms. The van der Waals surface area contributed by atoms with E-state index in [0.717, 1.165) is 19.5 Å². The Hall–Kier alpha value is -0.770. The van der Waals surface area contributed by atoms with Crippen molar-refractivity contribution in [2.75, 3.05) is 20.1 Å². The third kappa shape index (κ3) is 4.08. The first kappa shape index (κ1) is 12.3. The second kappa shape index (κ2) is 5.35. The molecule has 0 aromatic carbocycles. The van der Waals surface area contributed by atoms with Gasteiger partial charge in [-0.05, 0) is 39.8 Å². The van der Waals surface area contributed by atoms with Crippen molar-refractivity contribution in [2.45, 2.75) is 39.3 Å². The van der Waals surface area contributed by atoms with Gasteiger partial charge in [-0.15, -0.1) is 0 Å². The van der Waals surface area contributed by atoms with Gasteiger partial charge in [-0.1, -0.05) is 6.92 Å². The van der Waals surface area contributed by atoms with Crippen LogP contribution in [0.2, 0.25) is 0 Å². The molecule has 0 saturated carbocycles. The van der Waals surface area contributed by atoms with Crippen molar-refractivity contribution in [3.8, 4) is 0 Å². The van der Waals surface area contributed by atoms with Crippen LogP contribution >= 0.6 is 0 Å². The zero-order valence-electron chi connectivity index (χ0n) is 10.3. The van der Waals surface area contributed by atoms with Crippen LogP contribution in [-0.2, 0) is 0 Å². The van der Waals surface area contributed by atoms with Crippen LogP contribution in [0.3, 0.4) is 0 Å². The maximum Gasteiger partial charge on any atom is 0.189 e. The quantitative estimate of drug-likeness (QED) is 0.522. The lowest BCUT2D eigenvalue weighted by atomic mass is 9.95. The summed E-state index contributed by atoms with van der Waals surface area (Å²) in [5, 5.41) is 3.14. The molecule has 1 fully saturated rings. The van der Waals surface area contributed by atoms with Crippen molar-refractivity contribution in [1.29, 1.82) is 0 Å². The molecule has 4 heteroatoms. The zero-order valence-corrected chi connectivity index (χ0v) is 10.3. The predicted molar refractivity (Wildman–Crippen MR) is 65.0 cm³/mol. The van der Waals surface area contributed by atoms with E-state index in [1.165, 1.54) is 0 Å². The van der Waals surface area contributed by atoms with Crippen molar-refractivity contribution >= 4 is 5.96 Å². The number of likely N-dealkylation sites (tertiary alicyclic amines) is 1. The first-order chi connectivity index (χ1) is 6.99. The highest BCUT2D eigenvalue weighted by Crippen LogP contribution is 2.18. The van der Waals surface area contributed by atoms with E-state index in [1.54, 1.807) is 0 Å². The Balaban J connectivity index is 2.49. The maximum absolute atomic E-state index is 5.83. The van der Waals surface area contributed by atoms with E-state index in [-0.39, 0.29) is 0 Å². The summed E-state index contributed by atoms with van der Waals surface area (Å²) in [4.78, 5) is 6.90. The highest BCUT2D eigenvalue weighted by atomic mass is 15.1. The molecule has 88 valence electrons. The molecular formula is C11H24N4. The van der Waals surface area contributed by atoms with E-state index in [2.05, 4.69) is 43.0 Å². The fraction of sp³-hybridized carbons (Fsp3) is 0.909. The number of hydrogen-bond acceptors (Lipinski definition) is 2. The molecule has 1 saturated heterocycles. The van der Waals surface area contributed by atoms with Gasteiger partial charge in [0.15, 0.2) is 5.96 Å². The molecule has 0 spiro atoms. The first-order valence-corrected chi connectivity index (χ1v) is 5.77. The van der Waals surface area contributed by atoms with Crippen molar-refractivity contribution < 1.29 is 0 Å². The summed E-state index contributed by atoms with van der Waals surface area (Å²) in [7, 11) is 2.16. The van der Waals surface area contributed by atoms with Crippen LogP contribution in [0, 0.1) is 5.92 Å². The molecule has 1 aliphatic heterocycles. The minimum atomic E-state index is 0.357. The van der Waals surface area contributed by atoms with E-state index in [0.29, 0.717) is 24.0 Å². The van der Waals surface area contributed by atoms with Crippen LogP contribution in [0.4, 0.5) is 0 Å². The molecule has 4 nitrogen and oxygen atoms in total. The molecular weight excluding hydrogens is 188 g/mol. The Labute approximate surface area is 92.9 Å². The summed E-state index contributed by atoms with van der Waals surface area (Å²) >= 11 is 0. The summed E-state index contributed by atoms with van der Waals surface area (Å²) in [5.41, 5.74) is 5.83. The van der Waals surface area contributed by atoms with Crippen LogP contribution in [0.15, 0.2) is 4.99 Å². The van der Waals surface area contributed by atoms with Gasteiger partial charge in [0, 0.05) is 12.6 Å². The summed E-state index contributed by atoms with van der Waals surface area (Å²) < 4.78 is 0. The van der Waals surface area contributed by atoms with Crippen LogP contribution in [-0.4, -0.2) is 43.1 Å². The van der Waals surface area contributed by atoms with E-state index in [4.69, 9.17) is 5.73 Å². The largest absolute Gasteiger partial charge is 0.370 e. The lowest BCUT2D eigenvalue weighted by Gasteiger charge is -2.32. The molecule has 0 aromatic rings. The van der Waals surface area contributed by atoms with E-state index in [1.807, 2.05) is 0 Å². The van der Waals surface area contributed by atoms with Gasteiger partial charge in [0.1, 0.15) is 0 Å². The fourth-order valence-corrected chi connectivity index (χ4v) is 2.05. The van der Waals surface area contributed by atoms with Gasteiger partial charge in [-0.3, -0.25) is 0 Å². The van der Waals surface area contributed by atoms with Gasteiger partial charge in [-0.2, -0.15) is 0 Å². The standard InChI is InChI=1S/C11H24N4/c1-8(2)13-11(12)14-10-5-6-15(4)7-9(10)3/h8-10H,5-7H2,1-4H3,(H3,12,13,14). The van der Waals surface area contributed by atoms with Gasteiger partial charge >= 0.3 is 0 Å². The van der Waals surface area contributed by atoms with Gasteiger partial charge in [-0.25, -0.2) is 4.99 Å². The summed E-state index contributed by atoms with van der Waals surface area (Å²) in [6.45, 7) is 8.62. The van der Waals surface area contributed by atoms with Crippen molar-refractivity contribution in [3.63, 3.8) is 0 Å². The Morgan fingerprint density at radius 3 is 2.73 bits per heavy atom. The lowest BCUT2D eigenvalue weighted by molar-refractivity contribution is 0.198. The number of piperidine rings is 1. The topological polar surface area (TPSA) is 53.6 Å². The Kier molecular flexibility index (Phi) is 4.39. The highest BCUT2D eigenvalue weighted by Gasteiger charge is 2.23. The molecule has 2 unspecified atom stereocenters. The summed E-state index contributed by atoms with van der Waals surface area (Å²) in [6.07, 6.45) is 1.11. The Morgan fingerprint density at radius 1 is 1.53 bits per heavy atom. The molecule has 0 aromatic heterocycles. The van der Waals surface area contributed by atoms with E-state index >= 15 is 0 Å². The molecule has 1 heterocycles. The molecule has 0 aliphatic carbocycles. The molecule has 0 radical (unpaired) electrons. The fourth-order valence-electron chi connectivity index (χ4n) is 2.05. The van der Waals surface area contributed by atoms with Gasteiger partial charge in [0.25, 0.3) is 0 Å². The molecule has 0 amide bonds. The number of nitrogens with two attached hydrogens (primary N) is 1. The Bertz CT molecular complexity index is 225. The van der Waals surface area contributed by atoms with Crippen LogP contribution < -0.4 is 11.1 Å². The molecule has 1 rings (SSSR count). The number of hydrogen-bond donors (Lipinski definition) is 2. The summed E-state index contributed by atoms with van der Waals surface area (Å²) in [6, 6.07) is 0.739. The number of nitrogens with one attached hydrogen (secondary N) is 1. The van der Waals surface area contributed by atoms with Gasteiger partial charge < -0.3 is 16.0 Å². The van der Waals surface area contributed by atoms with Gasteiger partial charge in [0.2, 0.25) is 0 Å². The number of aliphatic imine (C=N–C) groups is 1. The average molecular weight is 212 g/mol. The number of rotatable bonds is 2. The smallest absolute Gasteiger partial charge is 0.189 e. The third-order valence-corrected chi connectivity index (χ3v) is 2.80. The monoisotopic (exact) mass is 212 g/mol. The van der Waals surface area contributed by atoms with Crippen molar-refractivity contribution in [1.82, 2.24) is 10.2 Å². The maximum atomic E-state index is 5.83. The van der Waals surface area contributed by atoms with Crippen LogP contribution in [0.5, 0.6) is 0 Å². The lowest BCUT2D eigenvalue weighted by Crippen LogP contribution is -2.42. The van der Waals surface area contributed by atoms with Gasteiger partial charge in [0.05, 0.1) is 6.04 Å². The summed E-state index contributed by atoms with van der Waals surface area (Å²) in [5.74, 6) is 1.18. The first-order valence-electron chi connectivity index (χ1n) is 5.77. The molecule has 3 N–H and O–H groups in total. The van der Waals surface area contributed by atoms with E-state index in [9.17, 15) is 0 Å². The van der Waals surface area contributed by atoms with Crippen LogP contribution in [0.1, 0.15) is 27.2 Å². The average Bonchev–Trinajstić information content (AvgIpc) is 2.08. The number of nitrogens with zero attached hydrogens (tertiary/aromatic N) is 2. The van der Waals surface area contributed by atoms with Crippen molar-refractivity contribution in [2.24, 2.45) is 16.6 Å². The highest BCUT2D eigenvalue weighted by molar-refractivity contribution is 5.78. The molecule has 1 aliphatic rings. The second-order valence-corrected chi connectivity index (χ2v) is 4.91. The number of guanidine groups is 1. The minimum absolute atomic E-state index is 0.357. The minimum Gasteiger partial charge on any atom is -0.370 e. The zero-order chi connectivity index (χ0) is 11.4. The third-order valence-electron chi connectivity index (χ3n) is 2.80. The molecule has 15 heavy (non-hydrogen) atoms. The predicted octanol–water partition coefficient (Wildman–Crippen LogP) is 0.639. The van der Waals surface area contributed by atoms with Crippen molar-refractivity contribution in [3.05, 3.63) is 0 Å². The Morgan fingerprint density at radius 2 is 2.20 bits per heavy atom. The SMILES string of the molecule is CC(C)NC(N)=NC1CCN(C)CC1C.